The van der Waals surface area contributed by atoms with Crippen molar-refractivity contribution in [3.63, 3.8) is 0 Å². The summed E-state index contributed by atoms with van der Waals surface area (Å²) in [7, 11) is 0. The molecule has 6 heteroatoms. The maximum atomic E-state index is 12.9. The molecule has 4 rings (SSSR count). The van der Waals surface area contributed by atoms with E-state index in [4.69, 9.17) is 0 Å². The lowest BCUT2D eigenvalue weighted by Gasteiger charge is -2.18. The number of carbonyl (C=O) groups excluding carboxylic acids is 2. The lowest BCUT2D eigenvalue weighted by Crippen LogP contribution is -2.35. The van der Waals surface area contributed by atoms with Crippen LogP contribution in [0.25, 0.3) is 22.8 Å². The molecule has 2 heterocycles. The fraction of sp³-hybridized carbons (Fsp3) is 0.286. The average Bonchev–Trinajstić information content (AvgIpc) is 3.31. The summed E-state index contributed by atoms with van der Waals surface area (Å²) in [5.74, 6) is -0.232. The van der Waals surface area contributed by atoms with E-state index in [2.05, 4.69) is 46.5 Å². The number of benzene rings is 2. The smallest absolute Gasteiger partial charge is 0.256 e. The molecule has 0 radical (unpaired) electrons. The Kier molecular flexibility index (Phi) is 6.98. The molecule has 34 heavy (non-hydrogen) atoms. The Bertz CT molecular complexity index is 1240. The Morgan fingerprint density at radius 1 is 1.03 bits per heavy atom. The van der Waals surface area contributed by atoms with Crippen molar-refractivity contribution in [2.24, 2.45) is 0 Å². The lowest BCUT2D eigenvalue weighted by atomic mass is 9.99. The Morgan fingerprint density at radius 2 is 1.76 bits per heavy atom. The van der Waals surface area contributed by atoms with Crippen LogP contribution < -0.4 is 10.6 Å². The van der Waals surface area contributed by atoms with Crippen molar-refractivity contribution in [1.29, 1.82) is 0 Å². The summed E-state index contributed by atoms with van der Waals surface area (Å²) in [5, 5.41) is 6.02. The number of aromatic amines is 1. The van der Waals surface area contributed by atoms with E-state index in [9.17, 15) is 9.59 Å². The molecule has 0 saturated carbocycles. The minimum Gasteiger partial charge on any atom is -0.358 e. The zero-order valence-corrected chi connectivity index (χ0v) is 20.3. The van der Waals surface area contributed by atoms with E-state index < -0.39 is 0 Å². The number of amides is 2. The minimum atomic E-state index is -0.142. The predicted molar refractivity (Wildman–Crippen MR) is 139 cm³/mol. The van der Waals surface area contributed by atoms with Crippen LogP contribution in [0.5, 0.6) is 0 Å². The largest absolute Gasteiger partial charge is 0.358 e. The predicted octanol–water partition coefficient (Wildman–Crippen LogP) is 4.86. The zero-order valence-electron chi connectivity index (χ0n) is 20.3. The molecule has 0 spiro atoms. The van der Waals surface area contributed by atoms with Crippen LogP contribution in [0.4, 0.5) is 5.69 Å². The highest BCUT2D eigenvalue weighted by Crippen LogP contribution is 2.36. The third-order valence-corrected chi connectivity index (χ3v) is 6.51. The van der Waals surface area contributed by atoms with Crippen LogP contribution >= 0.6 is 0 Å². The third-order valence-electron chi connectivity index (χ3n) is 6.51. The number of anilines is 1. The number of fused-ring (bicyclic) bond motifs is 1. The molecule has 0 aliphatic carbocycles. The van der Waals surface area contributed by atoms with Crippen LogP contribution in [-0.2, 0) is 4.79 Å². The van der Waals surface area contributed by atoms with Crippen molar-refractivity contribution < 1.29 is 9.59 Å². The fourth-order valence-electron chi connectivity index (χ4n) is 4.51. The highest BCUT2D eigenvalue weighted by atomic mass is 16.2. The first-order chi connectivity index (χ1) is 16.4. The van der Waals surface area contributed by atoms with Gasteiger partial charge >= 0.3 is 0 Å². The van der Waals surface area contributed by atoms with E-state index in [0.29, 0.717) is 17.7 Å². The van der Waals surface area contributed by atoms with Gasteiger partial charge in [-0.05, 0) is 55.8 Å². The zero-order chi connectivity index (χ0) is 24.2. The van der Waals surface area contributed by atoms with Gasteiger partial charge in [-0.1, -0.05) is 56.3 Å². The van der Waals surface area contributed by atoms with Crippen LogP contribution in [0.3, 0.4) is 0 Å². The molecule has 2 aromatic carbocycles. The average molecular weight is 457 g/mol. The second kappa shape index (κ2) is 10.1. The molecule has 0 saturated heterocycles. The Balaban J connectivity index is 1.57. The second-order valence-electron chi connectivity index (χ2n) is 8.58. The number of rotatable bonds is 8. The Hall–Kier alpha value is -3.64. The van der Waals surface area contributed by atoms with Gasteiger partial charge in [0.25, 0.3) is 11.8 Å². The van der Waals surface area contributed by atoms with Gasteiger partial charge in [-0.25, -0.2) is 0 Å². The first-order valence-corrected chi connectivity index (χ1v) is 11.9. The summed E-state index contributed by atoms with van der Waals surface area (Å²) in [6.07, 6.45) is 1.85. The standard InChI is InChI=1S/C28H32N4O2/c1-5-32(6-2)15-14-29-28(34)26-18(3)24(30-19(26)4)17-23-22-13-12-21(16-25(22)31-27(23)33)20-10-8-7-9-11-20/h7-13,16-17,30H,5-6,14-15H2,1-4H3,(H,29,34)(H,31,33). The highest BCUT2D eigenvalue weighted by molar-refractivity contribution is 6.35. The minimum absolute atomic E-state index is 0.0909. The number of aryl methyl sites for hydroxylation is 1. The van der Waals surface area contributed by atoms with Gasteiger partial charge in [0.15, 0.2) is 0 Å². The molecule has 0 unspecified atom stereocenters. The SMILES string of the molecule is CCN(CC)CCNC(=O)c1c(C)[nH]c(C=C2C(=O)Nc3cc(-c4ccccc4)ccc32)c1C. The van der Waals surface area contributed by atoms with Gasteiger partial charge in [-0.15, -0.1) is 0 Å². The van der Waals surface area contributed by atoms with Crippen molar-refractivity contribution in [3.05, 3.63) is 76.6 Å². The van der Waals surface area contributed by atoms with Crippen LogP contribution in [0.2, 0.25) is 0 Å². The maximum absolute atomic E-state index is 12.9. The van der Waals surface area contributed by atoms with Crippen molar-refractivity contribution >= 4 is 29.2 Å². The number of nitrogens with one attached hydrogen (secondary N) is 3. The number of hydrogen-bond donors (Lipinski definition) is 3. The van der Waals surface area contributed by atoms with E-state index in [1.807, 2.05) is 56.3 Å². The molecule has 6 nitrogen and oxygen atoms in total. The molecule has 2 amide bonds. The number of H-pyrrole nitrogens is 1. The number of nitrogens with zero attached hydrogens (tertiary/aromatic N) is 1. The summed E-state index contributed by atoms with van der Waals surface area (Å²) in [6, 6.07) is 16.1. The van der Waals surface area contributed by atoms with E-state index >= 15 is 0 Å². The van der Waals surface area contributed by atoms with Gasteiger partial charge in [-0.3, -0.25) is 9.59 Å². The summed E-state index contributed by atoms with van der Waals surface area (Å²) < 4.78 is 0. The molecule has 176 valence electrons. The molecule has 0 bridgehead atoms. The van der Waals surface area contributed by atoms with Crippen LogP contribution in [0, 0.1) is 13.8 Å². The molecular formula is C28H32N4O2. The molecule has 3 N–H and O–H groups in total. The number of hydrogen-bond acceptors (Lipinski definition) is 3. The molecule has 1 aliphatic rings. The lowest BCUT2D eigenvalue weighted by molar-refractivity contribution is -0.110. The van der Waals surface area contributed by atoms with Crippen LogP contribution in [0.15, 0.2) is 48.5 Å². The monoisotopic (exact) mass is 456 g/mol. The van der Waals surface area contributed by atoms with Gasteiger partial charge in [0.1, 0.15) is 0 Å². The van der Waals surface area contributed by atoms with Crippen molar-refractivity contribution in [1.82, 2.24) is 15.2 Å². The molecule has 0 fully saturated rings. The summed E-state index contributed by atoms with van der Waals surface area (Å²) in [4.78, 5) is 31.3. The molecular weight excluding hydrogens is 424 g/mol. The summed E-state index contributed by atoms with van der Waals surface area (Å²) >= 11 is 0. The van der Waals surface area contributed by atoms with E-state index in [0.717, 1.165) is 59.0 Å². The molecule has 0 atom stereocenters. The van der Waals surface area contributed by atoms with Crippen molar-refractivity contribution in [3.8, 4) is 11.1 Å². The van der Waals surface area contributed by atoms with Gasteiger partial charge in [0.05, 0.1) is 11.1 Å². The second-order valence-corrected chi connectivity index (χ2v) is 8.58. The van der Waals surface area contributed by atoms with E-state index in [1.165, 1.54) is 0 Å². The highest BCUT2D eigenvalue weighted by Gasteiger charge is 2.26. The number of aromatic nitrogens is 1. The van der Waals surface area contributed by atoms with Crippen LogP contribution in [0.1, 0.15) is 46.7 Å². The van der Waals surface area contributed by atoms with E-state index in [-0.39, 0.29) is 11.8 Å². The molecule has 3 aromatic rings. The van der Waals surface area contributed by atoms with Gasteiger partial charge < -0.3 is 20.5 Å². The Morgan fingerprint density at radius 3 is 2.47 bits per heavy atom. The van der Waals surface area contributed by atoms with Crippen molar-refractivity contribution in [2.45, 2.75) is 27.7 Å². The normalized spacial score (nSPS) is 13.9. The number of likely N-dealkylation sites (N-methyl/N-ethyl adjacent to an activating group) is 1. The topological polar surface area (TPSA) is 77.2 Å². The molecule has 1 aliphatic heterocycles. The quantitative estimate of drug-likeness (QED) is 0.424. The van der Waals surface area contributed by atoms with Gasteiger partial charge in [0.2, 0.25) is 0 Å². The van der Waals surface area contributed by atoms with Crippen molar-refractivity contribution in [2.75, 3.05) is 31.5 Å². The molecule has 1 aromatic heterocycles. The first-order valence-electron chi connectivity index (χ1n) is 11.9. The summed E-state index contributed by atoms with van der Waals surface area (Å²) in [5.41, 5.74) is 7.46. The van der Waals surface area contributed by atoms with Gasteiger partial charge in [-0.2, -0.15) is 0 Å². The fourth-order valence-corrected chi connectivity index (χ4v) is 4.51. The van der Waals surface area contributed by atoms with E-state index in [1.54, 1.807) is 0 Å². The number of carbonyl (C=O) groups is 2. The first kappa shape index (κ1) is 23.5. The summed E-state index contributed by atoms with van der Waals surface area (Å²) in [6.45, 7) is 11.4. The van der Waals surface area contributed by atoms with Crippen LogP contribution in [-0.4, -0.2) is 47.9 Å². The van der Waals surface area contributed by atoms with Gasteiger partial charge in [0, 0.05) is 35.7 Å². The third kappa shape index (κ3) is 4.68. The Labute approximate surface area is 201 Å². The maximum Gasteiger partial charge on any atom is 0.256 e.